The van der Waals surface area contributed by atoms with Gasteiger partial charge in [0.05, 0.1) is 5.92 Å². The molecule has 0 aromatic rings. The smallest absolute Gasteiger partial charge is 0.321 e. The molecule has 1 saturated heterocycles. The molecule has 0 aromatic heterocycles. The molecule has 0 radical (unpaired) electrons. The topological polar surface area (TPSA) is 49.4 Å². The molecule has 2 fully saturated rings. The largest absolute Gasteiger partial charge is 0.324 e. The van der Waals surface area contributed by atoms with Crippen LogP contribution in [0.4, 0.5) is 4.79 Å². The summed E-state index contributed by atoms with van der Waals surface area (Å²) < 4.78 is 0. The minimum Gasteiger partial charge on any atom is -0.321 e. The van der Waals surface area contributed by atoms with Gasteiger partial charge in [-0.3, -0.25) is 10.1 Å². The number of nitrogens with zero attached hydrogens (tertiary/aromatic N) is 1. The van der Waals surface area contributed by atoms with Crippen molar-refractivity contribution >= 4 is 11.9 Å². The number of nitrogens with one attached hydrogen (secondary N) is 1. The van der Waals surface area contributed by atoms with Crippen molar-refractivity contribution < 1.29 is 9.59 Å². The predicted octanol–water partition coefficient (Wildman–Crippen LogP) is 1.51. The summed E-state index contributed by atoms with van der Waals surface area (Å²) >= 11 is 0. The zero-order chi connectivity index (χ0) is 10.8. The van der Waals surface area contributed by atoms with Crippen LogP contribution in [-0.2, 0) is 4.79 Å². The Bertz CT molecular complexity index is 272. The van der Waals surface area contributed by atoms with Crippen LogP contribution in [0.1, 0.15) is 39.0 Å². The lowest BCUT2D eigenvalue weighted by Crippen LogP contribution is -2.57. The normalized spacial score (nSPS) is 29.1. The average Bonchev–Trinajstić information content (AvgIpc) is 2.25. The van der Waals surface area contributed by atoms with E-state index in [2.05, 4.69) is 5.32 Å². The van der Waals surface area contributed by atoms with E-state index >= 15 is 0 Å². The molecular formula is C11H18N2O2. The first-order valence-electron chi connectivity index (χ1n) is 5.80. The van der Waals surface area contributed by atoms with E-state index in [-0.39, 0.29) is 17.9 Å². The molecule has 2 rings (SSSR count). The number of rotatable bonds is 1. The fraction of sp³-hybridized carbons (Fsp3) is 0.818. The summed E-state index contributed by atoms with van der Waals surface area (Å²) in [5.41, 5.74) is 0. The number of hydrogen-bond acceptors (Lipinski definition) is 2. The van der Waals surface area contributed by atoms with Crippen LogP contribution in [0, 0.1) is 5.92 Å². The molecule has 4 heteroatoms. The summed E-state index contributed by atoms with van der Waals surface area (Å²) in [6, 6.07) is 0.166. The van der Waals surface area contributed by atoms with E-state index in [0.29, 0.717) is 12.6 Å². The minimum absolute atomic E-state index is 0.0652. The van der Waals surface area contributed by atoms with Gasteiger partial charge in [0.25, 0.3) is 0 Å². The lowest BCUT2D eigenvalue weighted by molar-refractivity contribution is -0.125. The third kappa shape index (κ3) is 2.13. The van der Waals surface area contributed by atoms with Gasteiger partial charge in [0.1, 0.15) is 0 Å². The molecule has 15 heavy (non-hydrogen) atoms. The highest BCUT2D eigenvalue weighted by molar-refractivity contribution is 5.97. The number of carbonyl (C=O) groups excluding carboxylic acids is 2. The number of imide groups is 1. The molecule has 84 valence electrons. The monoisotopic (exact) mass is 210 g/mol. The Labute approximate surface area is 90.0 Å². The van der Waals surface area contributed by atoms with Crippen molar-refractivity contribution in [2.75, 3.05) is 6.54 Å². The second-order valence-electron chi connectivity index (χ2n) is 4.64. The standard InChI is InChI=1S/C11H18N2O2/c1-8-7-13(11(15)12-10(8)14)9-5-3-2-4-6-9/h8-9H,2-7H2,1H3,(H,12,14,15)/t8-/m0/s1. The quantitative estimate of drug-likeness (QED) is 0.713. The summed E-state index contributed by atoms with van der Waals surface area (Å²) in [5.74, 6) is -0.198. The molecule has 1 N–H and O–H groups in total. The zero-order valence-electron chi connectivity index (χ0n) is 9.16. The highest BCUT2D eigenvalue weighted by Crippen LogP contribution is 2.24. The molecule has 1 saturated carbocycles. The van der Waals surface area contributed by atoms with Crippen LogP contribution in [0.15, 0.2) is 0 Å². The third-order valence-electron chi connectivity index (χ3n) is 3.42. The van der Waals surface area contributed by atoms with Crippen molar-refractivity contribution in [3.05, 3.63) is 0 Å². The van der Waals surface area contributed by atoms with E-state index in [0.717, 1.165) is 12.8 Å². The second-order valence-corrected chi connectivity index (χ2v) is 4.64. The Kier molecular flexibility index (Phi) is 2.93. The maximum absolute atomic E-state index is 11.6. The molecule has 1 aliphatic heterocycles. The Morgan fingerprint density at radius 3 is 2.53 bits per heavy atom. The van der Waals surface area contributed by atoms with Gasteiger partial charge in [-0.2, -0.15) is 0 Å². The van der Waals surface area contributed by atoms with Crippen molar-refractivity contribution in [3.8, 4) is 0 Å². The van der Waals surface area contributed by atoms with Gasteiger partial charge in [-0.15, -0.1) is 0 Å². The Morgan fingerprint density at radius 2 is 1.87 bits per heavy atom. The van der Waals surface area contributed by atoms with Crippen LogP contribution in [0.5, 0.6) is 0 Å². The predicted molar refractivity (Wildman–Crippen MR) is 56.3 cm³/mol. The molecule has 3 amide bonds. The van der Waals surface area contributed by atoms with E-state index in [1.807, 2.05) is 11.8 Å². The van der Waals surface area contributed by atoms with E-state index < -0.39 is 0 Å². The van der Waals surface area contributed by atoms with Crippen LogP contribution in [-0.4, -0.2) is 29.4 Å². The van der Waals surface area contributed by atoms with Crippen LogP contribution in [0.25, 0.3) is 0 Å². The Balaban J connectivity index is 2.01. The van der Waals surface area contributed by atoms with Gasteiger partial charge in [-0.05, 0) is 12.8 Å². The zero-order valence-corrected chi connectivity index (χ0v) is 9.16. The third-order valence-corrected chi connectivity index (χ3v) is 3.42. The van der Waals surface area contributed by atoms with E-state index in [4.69, 9.17) is 0 Å². The van der Waals surface area contributed by atoms with Gasteiger partial charge >= 0.3 is 6.03 Å². The van der Waals surface area contributed by atoms with Crippen LogP contribution < -0.4 is 5.32 Å². The first kappa shape index (κ1) is 10.5. The molecule has 0 spiro atoms. The molecule has 0 unspecified atom stereocenters. The summed E-state index contributed by atoms with van der Waals surface area (Å²) in [6.07, 6.45) is 5.87. The maximum atomic E-state index is 11.6. The fourth-order valence-corrected chi connectivity index (χ4v) is 2.47. The second kappa shape index (κ2) is 4.21. The van der Waals surface area contributed by atoms with E-state index in [1.54, 1.807) is 0 Å². The number of carbonyl (C=O) groups is 2. The van der Waals surface area contributed by atoms with Crippen molar-refractivity contribution in [2.24, 2.45) is 5.92 Å². The van der Waals surface area contributed by atoms with Crippen molar-refractivity contribution in [3.63, 3.8) is 0 Å². The molecule has 0 bridgehead atoms. The Morgan fingerprint density at radius 1 is 1.20 bits per heavy atom. The first-order chi connectivity index (χ1) is 7.18. The number of amides is 3. The molecule has 4 nitrogen and oxygen atoms in total. The molecule has 1 heterocycles. The van der Waals surface area contributed by atoms with Crippen LogP contribution in [0.3, 0.4) is 0 Å². The van der Waals surface area contributed by atoms with Gasteiger partial charge in [-0.1, -0.05) is 26.2 Å². The molecule has 1 aliphatic carbocycles. The van der Waals surface area contributed by atoms with E-state index in [1.165, 1.54) is 19.3 Å². The summed E-state index contributed by atoms with van der Waals surface area (Å²) in [4.78, 5) is 24.8. The SMILES string of the molecule is C[C@H]1CN(C2CCCCC2)C(=O)NC1=O. The van der Waals surface area contributed by atoms with Gasteiger partial charge < -0.3 is 4.90 Å². The van der Waals surface area contributed by atoms with Crippen LogP contribution >= 0.6 is 0 Å². The van der Waals surface area contributed by atoms with E-state index in [9.17, 15) is 9.59 Å². The highest BCUT2D eigenvalue weighted by Gasteiger charge is 2.33. The van der Waals surface area contributed by atoms with Crippen LogP contribution in [0.2, 0.25) is 0 Å². The van der Waals surface area contributed by atoms with Gasteiger partial charge in [0, 0.05) is 12.6 Å². The van der Waals surface area contributed by atoms with Gasteiger partial charge in [0.15, 0.2) is 0 Å². The maximum Gasteiger partial charge on any atom is 0.324 e. The fourth-order valence-electron chi connectivity index (χ4n) is 2.47. The molecule has 2 aliphatic rings. The lowest BCUT2D eigenvalue weighted by Gasteiger charge is -2.38. The lowest BCUT2D eigenvalue weighted by atomic mass is 9.93. The Hall–Kier alpha value is -1.06. The van der Waals surface area contributed by atoms with Crippen molar-refractivity contribution in [1.29, 1.82) is 0 Å². The van der Waals surface area contributed by atoms with Gasteiger partial charge in [-0.25, -0.2) is 4.79 Å². The summed E-state index contributed by atoms with van der Waals surface area (Å²) in [7, 11) is 0. The van der Waals surface area contributed by atoms with Gasteiger partial charge in [0.2, 0.25) is 5.91 Å². The molecular weight excluding hydrogens is 192 g/mol. The number of urea groups is 1. The number of hydrogen-bond donors (Lipinski definition) is 1. The average molecular weight is 210 g/mol. The highest BCUT2D eigenvalue weighted by atomic mass is 16.2. The first-order valence-corrected chi connectivity index (χ1v) is 5.80. The van der Waals surface area contributed by atoms with Crippen molar-refractivity contribution in [2.45, 2.75) is 45.1 Å². The molecule has 1 atom stereocenters. The molecule has 0 aromatic carbocycles. The van der Waals surface area contributed by atoms with Crippen molar-refractivity contribution in [1.82, 2.24) is 10.2 Å². The summed E-state index contributed by atoms with van der Waals surface area (Å²) in [5, 5.41) is 2.42. The minimum atomic E-state index is -0.190. The summed E-state index contributed by atoms with van der Waals surface area (Å²) in [6.45, 7) is 2.47.